The van der Waals surface area contributed by atoms with Crippen LogP contribution in [0.15, 0.2) is 24.5 Å². The number of aromatic nitrogens is 2. The maximum atomic E-state index is 12.1. The van der Waals surface area contributed by atoms with Gasteiger partial charge in [-0.3, -0.25) is 9.58 Å². The van der Waals surface area contributed by atoms with Crippen LogP contribution in [0.1, 0.15) is 37.8 Å². The summed E-state index contributed by atoms with van der Waals surface area (Å²) in [6, 6.07) is 0.307. The smallest absolute Gasteiger partial charge is 0.153 e. The minimum absolute atomic E-state index is 0.0585. The Morgan fingerprint density at radius 3 is 2.95 bits per heavy atom. The van der Waals surface area contributed by atoms with Crippen LogP contribution in [-0.4, -0.2) is 47.2 Å². The standard InChI is InChI=1S/C15H23N3O2S/c1-2-17-11-13(10-16-17)15-12-21(19,20)9-8-18(15)14-6-4-3-5-7-14/h4,6,10-11,14-15H,2-3,5,7-9,12H2,1H3/t14-,15+/m0/s1. The molecule has 2 atom stereocenters. The summed E-state index contributed by atoms with van der Waals surface area (Å²) in [7, 11) is -2.95. The molecule has 0 saturated carbocycles. The third-order valence-corrected chi connectivity index (χ3v) is 6.12. The molecule has 0 radical (unpaired) electrons. The maximum Gasteiger partial charge on any atom is 0.153 e. The van der Waals surface area contributed by atoms with Crippen LogP contribution in [0.25, 0.3) is 0 Å². The summed E-state index contributed by atoms with van der Waals surface area (Å²) >= 11 is 0. The summed E-state index contributed by atoms with van der Waals surface area (Å²) in [5, 5.41) is 4.31. The van der Waals surface area contributed by atoms with Crippen molar-refractivity contribution in [2.45, 2.75) is 44.8 Å². The van der Waals surface area contributed by atoms with E-state index >= 15 is 0 Å². The molecule has 0 bridgehead atoms. The van der Waals surface area contributed by atoms with E-state index in [0.717, 1.165) is 24.9 Å². The summed E-state index contributed by atoms with van der Waals surface area (Å²) in [6.07, 6.45) is 11.7. The Morgan fingerprint density at radius 2 is 2.29 bits per heavy atom. The summed E-state index contributed by atoms with van der Waals surface area (Å²) in [6.45, 7) is 3.47. The third kappa shape index (κ3) is 3.21. The van der Waals surface area contributed by atoms with E-state index in [-0.39, 0.29) is 17.5 Å². The molecule has 1 aromatic heterocycles. The fourth-order valence-corrected chi connectivity index (χ4v) is 4.82. The zero-order chi connectivity index (χ0) is 14.9. The van der Waals surface area contributed by atoms with E-state index in [1.54, 1.807) is 0 Å². The topological polar surface area (TPSA) is 55.2 Å². The lowest BCUT2D eigenvalue weighted by molar-refractivity contribution is 0.163. The Bertz CT molecular complexity index is 621. The van der Waals surface area contributed by atoms with E-state index in [4.69, 9.17) is 0 Å². The number of nitrogens with zero attached hydrogens (tertiary/aromatic N) is 3. The van der Waals surface area contributed by atoms with E-state index in [1.165, 1.54) is 6.42 Å². The Morgan fingerprint density at radius 1 is 1.43 bits per heavy atom. The minimum Gasteiger partial charge on any atom is -0.288 e. The van der Waals surface area contributed by atoms with Gasteiger partial charge < -0.3 is 0 Å². The monoisotopic (exact) mass is 309 g/mol. The molecule has 0 N–H and O–H groups in total. The van der Waals surface area contributed by atoms with Gasteiger partial charge in [0.05, 0.1) is 23.7 Å². The number of aryl methyl sites for hydroxylation is 1. The van der Waals surface area contributed by atoms with Crippen LogP contribution in [-0.2, 0) is 16.4 Å². The second kappa shape index (κ2) is 5.93. The summed E-state index contributed by atoms with van der Waals surface area (Å²) < 4.78 is 26.0. The lowest BCUT2D eigenvalue weighted by atomic mass is 9.98. The molecule has 3 rings (SSSR count). The first-order valence-corrected chi connectivity index (χ1v) is 9.56. The lowest BCUT2D eigenvalue weighted by Gasteiger charge is -2.40. The molecule has 0 spiro atoms. The van der Waals surface area contributed by atoms with Gasteiger partial charge in [-0.05, 0) is 26.2 Å². The van der Waals surface area contributed by atoms with Crippen LogP contribution in [0.5, 0.6) is 0 Å². The molecule has 2 aliphatic rings. The van der Waals surface area contributed by atoms with Crippen molar-refractivity contribution in [1.82, 2.24) is 14.7 Å². The first-order chi connectivity index (χ1) is 10.1. The highest BCUT2D eigenvalue weighted by Gasteiger charge is 2.36. The molecule has 21 heavy (non-hydrogen) atoms. The zero-order valence-electron chi connectivity index (χ0n) is 12.5. The molecular weight excluding hydrogens is 286 g/mol. The summed E-state index contributed by atoms with van der Waals surface area (Å²) in [5.41, 5.74) is 1.03. The molecule has 1 aromatic rings. The van der Waals surface area contributed by atoms with Gasteiger partial charge in [-0.1, -0.05) is 12.2 Å². The number of allylic oxidation sites excluding steroid dienone is 1. The predicted octanol–water partition coefficient (Wildman–Crippen LogP) is 1.78. The highest BCUT2D eigenvalue weighted by Crippen LogP contribution is 2.31. The molecule has 6 heteroatoms. The molecule has 0 aromatic carbocycles. The van der Waals surface area contributed by atoms with Gasteiger partial charge in [-0.25, -0.2) is 8.42 Å². The molecule has 0 unspecified atom stereocenters. The number of hydrogen-bond donors (Lipinski definition) is 0. The molecule has 1 aliphatic heterocycles. The highest BCUT2D eigenvalue weighted by atomic mass is 32.2. The maximum absolute atomic E-state index is 12.1. The Labute approximate surface area is 126 Å². The van der Waals surface area contributed by atoms with Crippen molar-refractivity contribution in [2.24, 2.45) is 0 Å². The zero-order valence-corrected chi connectivity index (χ0v) is 13.3. The molecular formula is C15H23N3O2S. The average molecular weight is 309 g/mol. The minimum atomic E-state index is -2.95. The molecule has 1 saturated heterocycles. The summed E-state index contributed by atoms with van der Waals surface area (Å²) in [5.74, 6) is 0.489. The van der Waals surface area contributed by atoms with Gasteiger partial charge in [0, 0.05) is 30.9 Å². The van der Waals surface area contributed by atoms with Crippen LogP contribution >= 0.6 is 0 Å². The molecule has 0 amide bonds. The largest absolute Gasteiger partial charge is 0.288 e. The number of rotatable bonds is 3. The van der Waals surface area contributed by atoms with Crippen LogP contribution < -0.4 is 0 Å². The Hall–Kier alpha value is -1.14. The van der Waals surface area contributed by atoms with Crippen LogP contribution in [0, 0.1) is 0 Å². The van der Waals surface area contributed by atoms with Crippen molar-refractivity contribution in [3.63, 3.8) is 0 Å². The van der Waals surface area contributed by atoms with E-state index in [9.17, 15) is 8.42 Å². The molecule has 1 fully saturated rings. The van der Waals surface area contributed by atoms with Crippen molar-refractivity contribution >= 4 is 9.84 Å². The van der Waals surface area contributed by atoms with Crippen molar-refractivity contribution < 1.29 is 8.42 Å². The normalized spacial score (nSPS) is 29.6. The third-order valence-electron chi connectivity index (χ3n) is 4.49. The van der Waals surface area contributed by atoms with Crippen LogP contribution in [0.4, 0.5) is 0 Å². The molecule has 1 aliphatic carbocycles. The fourth-order valence-electron chi connectivity index (χ4n) is 3.30. The second-order valence-corrected chi connectivity index (χ2v) is 8.15. The SMILES string of the molecule is CCn1cc([C@H]2CS(=O)(=O)CCN2[C@H]2C=CCCC2)cn1. The lowest BCUT2D eigenvalue weighted by Crippen LogP contribution is -2.47. The highest BCUT2D eigenvalue weighted by molar-refractivity contribution is 7.91. The second-order valence-electron chi connectivity index (χ2n) is 5.92. The molecule has 116 valence electrons. The van der Waals surface area contributed by atoms with E-state index in [1.807, 2.05) is 24.0 Å². The predicted molar refractivity (Wildman–Crippen MR) is 82.8 cm³/mol. The van der Waals surface area contributed by atoms with Crippen molar-refractivity contribution in [3.05, 3.63) is 30.1 Å². The van der Waals surface area contributed by atoms with E-state index < -0.39 is 9.84 Å². The van der Waals surface area contributed by atoms with Crippen molar-refractivity contribution in [3.8, 4) is 0 Å². The van der Waals surface area contributed by atoms with Gasteiger partial charge in [0.1, 0.15) is 0 Å². The quantitative estimate of drug-likeness (QED) is 0.799. The fraction of sp³-hybridized carbons (Fsp3) is 0.667. The van der Waals surface area contributed by atoms with Gasteiger partial charge in [0.15, 0.2) is 9.84 Å². The van der Waals surface area contributed by atoms with Gasteiger partial charge in [0.25, 0.3) is 0 Å². The van der Waals surface area contributed by atoms with Gasteiger partial charge >= 0.3 is 0 Å². The van der Waals surface area contributed by atoms with Gasteiger partial charge in [0.2, 0.25) is 0 Å². The van der Waals surface area contributed by atoms with Crippen molar-refractivity contribution in [2.75, 3.05) is 18.1 Å². The Balaban J connectivity index is 1.89. The first-order valence-electron chi connectivity index (χ1n) is 7.74. The summed E-state index contributed by atoms with van der Waals surface area (Å²) in [4.78, 5) is 2.35. The molecule has 2 heterocycles. The van der Waals surface area contributed by atoms with Gasteiger partial charge in [-0.15, -0.1) is 0 Å². The van der Waals surface area contributed by atoms with Crippen molar-refractivity contribution in [1.29, 1.82) is 0 Å². The van der Waals surface area contributed by atoms with Gasteiger partial charge in [-0.2, -0.15) is 5.10 Å². The van der Waals surface area contributed by atoms with E-state index in [0.29, 0.717) is 12.6 Å². The first kappa shape index (κ1) is 14.8. The molecule has 5 nitrogen and oxygen atoms in total. The van der Waals surface area contributed by atoms with Crippen LogP contribution in [0.2, 0.25) is 0 Å². The van der Waals surface area contributed by atoms with E-state index in [2.05, 4.69) is 22.2 Å². The average Bonchev–Trinajstić information content (AvgIpc) is 2.96. The van der Waals surface area contributed by atoms with Crippen LogP contribution in [0.3, 0.4) is 0 Å². The Kier molecular flexibility index (Phi) is 4.17. The number of sulfone groups is 1. The number of hydrogen-bond acceptors (Lipinski definition) is 4.